The lowest BCUT2D eigenvalue weighted by Gasteiger charge is -2.07. The Morgan fingerprint density at radius 1 is 1.50 bits per heavy atom. The number of rotatable bonds is 1. The van der Waals surface area contributed by atoms with Crippen LogP contribution < -0.4 is 0 Å². The van der Waals surface area contributed by atoms with E-state index in [-0.39, 0.29) is 5.78 Å². The van der Waals surface area contributed by atoms with Gasteiger partial charge in [0, 0.05) is 0 Å². The Morgan fingerprint density at radius 3 is 2.67 bits per heavy atom. The van der Waals surface area contributed by atoms with Crippen LogP contribution in [0.3, 0.4) is 0 Å². The predicted molar refractivity (Wildman–Crippen MR) is 48.8 cm³/mol. The molecule has 0 aromatic heterocycles. The van der Waals surface area contributed by atoms with Gasteiger partial charge in [0.05, 0.1) is 0 Å². The Hall–Kier alpha value is -0.590. The smallest absolute Gasteiger partial charge is 0.155 e. The van der Waals surface area contributed by atoms with Gasteiger partial charge < -0.3 is 0 Å². The first-order chi connectivity index (χ1) is 5.53. The van der Waals surface area contributed by atoms with Crippen molar-refractivity contribution in [2.45, 2.75) is 33.6 Å². The fourth-order valence-corrected chi connectivity index (χ4v) is 2.61. The number of hydrogen-bond donors (Lipinski definition) is 0. The van der Waals surface area contributed by atoms with Crippen molar-refractivity contribution in [1.29, 1.82) is 0 Å². The Bertz CT molecular complexity index is 260. The van der Waals surface area contributed by atoms with Crippen LogP contribution in [0.15, 0.2) is 11.6 Å². The Morgan fingerprint density at radius 2 is 2.17 bits per heavy atom. The molecule has 0 bridgehead atoms. The first kappa shape index (κ1) is 8.03. The van der Waals surface area contributed by atoms with Crippen molar-refractivity contribution in [1.82, 2.24) is 0 Å². The number of Topliss-reactive ketones (excluding diaryl/α,β-unsaturated/α-hetero) is 1. The summed E-state index contributed by atoms with van der Waals surface area (Å²) in [6, 6.07) is 0. The molecule has 0 heterocycles. The highest BCUT2D eigenvalue weighted by Crippen LogP contribution is 2.64. The van der Waals surface area contributed by atoms with E-state index in [2.05, 4.69) is 19.9 Å². The van der Waals surface area contributed by atoms with Crippen molar-refractivity contribution in [2.75, 3.05) is 0 Å². The van der Waals surface area contributed by atoms with Crippen LogP contribution in [0, 0.1) is 17.3 Å². The molecule has 0 radical (unpaired) electrons. The third-order valence-electron chi connectivity index (χ3n) is 3.80. The third-order valence-corrected chi connectivity index (χ3v) is 3.80. The SMILES string of the molecule is CC(=O)C1=CC[C@@H]2[C@H](C1)C2(C)C. The zero-order chi connectivity index (χ0) is 8.93. The lowest BCUT2D eigenvalue weighted by Crippen LogP contribution is -2.02. The van der Waals surface area contributed by atoms with Crippen LogP contribution in [0.4, 0.5) is 0 Å². The minimum atomic E-state index is 0.274. The van der Waals surface area contributed by atoms with E-state index < -0.39 is 0 Å². The van der Waals surface area contributed by atoms with Crippen LogP contribution in [-0.4, -0.2) is 5.78 Å². The number of ketones is 1. The summed E-state index contributed by atoms with van der Waals surface area (Å²) in [5.74, 6) is 1.93. The molecule has 2 atom stereocenters. The first-order valence-electron chi connectivity index (χ1n) is 4.73. The molecule has 0 aliphatic heterocycles. The van der Waals surface area contributed by atoms with Gasteiger partial charge in [0.1, 0.15) is 0 Å². The molecule has 66 valence electrons. The van der Waals surface area contributed by atoms with Crippen molar-refractivity contribution in [3.05, 3.63) is 11.6 Å². The minimum Gasteiger partial charge on any atom is -0.295 e. The van der Waals surface area contributed by atoms with Gasteiger partial charge in [-0.2, -0.15) is 0 Å². The predicted octanol–water partition coefficient (Wildman–Crippen LogP) is 2.57. The van der Waals surface area contributed by atoms with Crippen molar-refractivity contribution < 1.29 is 4.79 Å². The molecule has 1 saturated carbocycles. The van der Waals surface area contributed by atoms with Gasteiger partial charge in [0.25, 0.3) is 0 Å². The summed E-state index contributed by atoms with van der Waals surface area (Å²) in [4.78, 5) is 11.1. The average Bonchev–Trinajstić information content (AvgIpc) is 2.55. The Kier molecular flexibility index (Phi) is 1.48. The molecule has 2 aliphatic carbocycles. The quantitative estimate of drug-likeness (QED) is 0.582. The molecule has 2 rings (SSSR count). The molecule has 2 aliphatic rings. The maximum atomic E-state index is 11.1. The second kappa shape index (κ2) is 2.21. The largest absolute Gasteiger partial charge is 0.295 e. The summed E-state index contributed by atoms with van der Waals surface area (Å²) < 4.78 is 0. The maximum Gasteiger partial charge on any atom is 0.155 e. The molecule has 0 N–H and O–H groups in total. The lowest BCUT2D eigenvalue weighted by atomic mass is 9.97. The summed E-state index contributed by atoms with van der Waals surface area (Å²) in [5, 5.41) is 0. The number of hydrogen-bond acceptors (Lipinski definition) is 1. The Balaban J connectivity index is 2.11. The molecule has 0 amide bonds. The zero-order valence-corrected chi connectivity index (χ0v) is 8.05. The summed E-state index contributed by atoms with van der Waals surface area (Å²) in [6.45, 7) is 6.32. The van der Waals surface area contributed by atoms with Gasteiger partial charge in [0.2, 0.25) is 0 Å². The van der Waals surface area contributed by atoms with Crippen LogP contribution in [0.2, 0.25) is 0 Å². The fourth-order valence-electron chi connectivity index (χ4n) is 2.61. The normalized spacial score (nSPS) is 36.8. The topological polar surface area (TPSA) is 17.1 Å². The van der Waals surface area contributed by atoms with Gasteiger partial charge >= 0.3 is 0 Å². The third kappa shape index (κ3) is 0.954. The monoisotopic (exact) mass is 164 g/mol. The van der Waals surface area contributed by atoms with Crippen LogP contribution in [0.25, 0.3) is 0 Å². The van der Waals surface area contributed by atoms with E-state index in [0.717, 1.165) is 30.3 Å². The molecule has 0 aromatic carbocycles. The van der Waals surface area contributed by atoms with E-state index >= 15 is 0 Å². The highest BCUT2D eigenvalue weighted by atomic mass is 16.1. The summed E-state index contributed by atoms with van der Waals surface area (Å²) >= 11 is 0. The van der Waals surface area contributed by atoms with Gasteiger partial charge in [-0.3, -0.25) is 4.79 Å². The van der Waals surface area contributed by atoms with Crippen molar-refractivity contribution >= 4 is 5.78 Å². The molecule has 0 saturated heterocycles. The standard InChI is InChI=1S/C11H16O/c1-7(12)8-4-5-9-10(6-8)11(9,2)3/h4,9-10H,5-6H2,1-3H3/t9-,10+/m1/s1. The van der Waals surface area contributed by atoms with Gasteiger partial charge in [-0.25, -0.2) is 0 Å². The fraction of sp³-hybridized carbons (Fsp3) is 0.727. The van der Waals surface area contributed by atoms with Crippen LogP contribution in [-0.2, 0) is 4.79 Å². The second-order valence-corrected chi connectivity index (χ2v) is 4.76. The average molecular weight is 164 g/mol. The maximum absolute atomic E-state index is 11.1. The van der Waals surface area contributed by atoms with Crippen molar-refractivity contribution in [3.8, 4) is 0 Å². The molecule has 1 fully saturated rings. The summed E-state index contributed by atoms with van der Waals surface area (Å²) in [6.07, 6.45) is 4.32. The molecule has 0 unspecified atom stereocenters. The number of allylic oxidation sites excluding steroid dienone is 2. The van der Waals surface area contributed by atoms with E-state index in [1.54, 1.807) is 6.92 Å². The molecule has 1 heteroatoms. The minimum absolute atomic E-state index is 0.274. The van der Waals surface area contributed by atoms with Crippen LogP contribution in [0.5, 0.6) is 0 Å². The zero-order valence-electron chi connectivity index (χ0n) is 8.05. The molecular formula is C11H16O. The molecular weight excluding hydrogens is 148 g/mol. The molecule has 12 heavy (non-hydrogen) atoms. The van der Waals surface area contributed by atoms with Gasteiger partial charge in [-0.1, -0.05) is 19.9 Å². The molecule has 0 aromatic rings. The second-order valence-electron chi connectivity index (χ2n) is 4.76. The summed E-state index contributed by atoms with van der Waals surface area (Å²) in [5.41, 5.74) is 1.58. The number of carbonyl (C=O) groups is 1. The van der Waals surface area contributed by atoms with Crippen LogP contribution in [0.1, 0.15) is 33.6 Å². The van der Waals surface area contributed by atoms with Gasteiger partial charge in [0.15, 0.2) is 5.78 Å². The van der Waals surface area contributed by atoms with E-state index in [1.807, 2.05) is 0 Å². The van der Waals surface area contributed by atoms with E-state index in [1.165, 1.54) is 0 Å². The highest BCUT2D eigenvalue weighted by molar-refractivity contribution is 5.93. The van der Waals surface area contributed by atoms with Gasteiger partial charge in [-0.05, 0) is 42.6 Å². The first-order valence-corrected chi connectivity index (χ1v) is 4.73. The van der Waals surface area contributed by atoms with Crippen molar-refractivity contribution in [3.63, 3.8) is 0 Å². The summed E-state index contributed by atoms with van der Waals surface area (Å²) in [7, 11) is 0. The number of fused-ring (bicyclic) bond motifs is 1. The molecule has 0 spiro atoms. The Labute approximate surface area is 73.8 Å². The van der Waals surface area contributed by atoms with Gasteiger partial charge in [-0.15, -0.1) is 0 Å². The van der Waals surface area contributed by atoms with Crippen LogP contribution >= 0.6 is 0 Å². The van der Waals surface area contributed by atoms with E-state index in [9.17, 15) is 4.79 Å². The van der Waals surface area contributed by atoms with E-state index in [4.69, 9.17) is 0 Å². The number of carbonyl (C=O) groups excluding carboxylic acids is 1. The highest BCUT2D eigenvalue weighted by Gasteiger charge is 2.57. The van der Waals surface area contributed by atoms with Crippen molar-refractivity contribution in [2.24, 2.45) is 17.3 Å². The lowest BCUT2D eigenvalue weighted by molar-refractivity contribution is -0.113. The van der Waals surface area contributed by atoms with E-state index in [0.29, 0.717) is 5.41 Å². The molecule has 1 nitrogen and oxygen atoms in total.